The van der Waals surface area contributed by atoms with E-state index >= 15 is 0 Å². The fraction of sp³-hybridized carbons (Fsp3) is 0.556. The third-order valence-electron chi connectivity index (χ3n) is 1.31. The molecular formula is C9H16N2O2. The van der Waals surface area contributed by atoms with Gasteiger partial charge in [0.15, 0.2) is 0 Å². The van der Waals surface area contributed by atoms with Gasteiger partial charge in [0.25, 0.3) is 0 Å². The van der Waals surface area contributed by atoms with Gasteiger partial charge in [0.1, 0.15) is 5.71 Å². The van der Waals surface area contributed by atoms with E-state index in [0.29, 0.717) is 6.61 Å². The molecule has 0 spiro atoms. The molecule has 0 aliphatic heterocycles. The van der Waals surface area contributed by atoms with Crippen LogP contribution in [0, 0.1) is 5.41 Å². The van der Waals surface area contributed by atoms with Crippen molar-refractivity contribution in [2.45, 2.75) is 20.8 Å². The van der Waals surface area contributed by atoms with Crippen molar-refractivity contribution >= 4 is 11.7 Å². The van der Waals surface area contributed by atoms with Crippen molar-refractivity contribution in [3.05, 3.63) is 11.8 Å². The largest absolute Gasteiger partial charge is 0.461 e. The van der Waals surface area contributed by atoms with Crippen molar-refractivity contribution < 1.29 is 9.53 Å². The highest BCUT2D eigenvalue weighted by Gasteiger charge is 2.06. The van der Waals surface area contributed by atoms with Gasteiger partial charge in [-0.15, -0.1) is 0 Å². The molecule has 0 aliphatic carbocycles. The number of carbonyl (C=O) groups is 1. The molecule has 0 fully saturated rings. The van der Waals surface area contributed by atoms with Crippen LogP contribution in [0.3, 0.4) is 0 Å². The molecule has 13 heavy (non-hydrogen) atoms. The molecule has 0 aromatic rings. The summed E-state index contributed by atoms with van der Waals surface area (Å²) in [6.45, 7) is 6.54. The number of carbonyl (C=O) groups excluding carboxylic acids is 1. The summed E-state index contributed by atoms with van der Waals surface area (Å²) in [5.41, 5.74) is 0.667. The number of rotatable bonds is 5. The molecule has 4 heteroatoms. The SMILES string of the molecule is CCN/C(C)=C\C(=N)C(=O)OCC. The monoisotopic (exact) mass is 184 g/mol. The molecule has 2 N–H and O–H groups in total. The molecule has 0 saturated carbocycles. The van der Waals surface area contributed by atoms with E-state index in [9.17, 15) is 4.79 Å². The summed E-state index contributed by atoms with van der Waals surface area (Å²) in [5, 5.41) is 10.3. The summed E-state index contributed by atoms with van der Waals surface area (Å²) in [7, 11) is 0. The number of nitrogens with one attached hydrogen (secondary N) is 2. The van der Waals surface area contributed by atoms with E-state index in [0.717, 1.165) is 12.2 Å². The molecule has 0 aromatic heterocycles. The maximum atomic E-state index is 11.0. The van der Waals surface area contributed by atoms with Crippen LogP contribution in [0.4, 0.5) is 0 Å². The van der Waals surface area contributed by atoms with Gasteiger partial charge in [-0.25, -0.2) is 4.79 Å². The van der Waals surface area contributed by atoms with Crippen LogP contribution in [-0.4, -0.2) is 24.8 Å². The molecule has 0 aromatic carbocycles. The molecule has 0 atom stereocenters. The van der Waals surface area contributed by atoms with Crippen molar-refractivity contribution in [1.29, 1.82) is 5.41 Å². The maximum absolute atomic E-state index is 11.0. The number of hydrogen-bond acceptors (Lipinski definition) is 4. The first kappa shape index (κ1) is 11.7. The van der Waals surface area contributed by atoms with Crippen LogP contribution in [0.5, 0.6) is 0 Å². The van der Waals surface area contributed by atoms with Gasteiger partial charge < -0.3 is 10.1 Å². The second-order valence-corrected chi connectivity index (χ2v) is 2.49. The minimum Gasteiger partial charge on any atom is -0.461 e. The normalized spacial score (nSPS) is 10.8. The lowest BCUT2D eigenvalue weighted by atomic mass is 10.3. The average Bonchev–Trinajstić information content (AvgIpc) is 2.05. The quantitative estimate of drug-likeness (QED) is 0.496. The number of esters is 1. The summed E-state index contributed by atoms with van der Waals surface area (Å²) < 4.78 is 4.65. The predicted molar refractivity (Wildman–Crippen MR) is 51.8 cm³/mol. The highest BCUT2D eigenvalue weighted by atomic mass is 16.5. The van der Waals surface area contributed by atoms with Gasteiger partial charge in [0.2, 0.25) is 0 Å². The number of allylic oxidation sites excluding steroid dienone is 1. The molecule has 0 heterocycles. The third-order valence-corrected chi connectivity index (χ3v) is 1.31. The molecule has 0 amide bonds. The Bertz CT molecular complexity index is 222. The summed E-state index contributed by atoms with van der Waals surface area (Å²) >= 11 is 0. The highest BCUT2D eigenvalue weighted by Crippen LogP contribution is 1.90. The van der Waals surface area contributed by atoms with Crippen LogP contribution < -0.4 is 5.32 Å². The molecular weight excluding hydrogens is 168 g/mol. The van der Waals surface area contributed by atoms with Gasteiger partial charge in [0.05, 0.1) is 6.61 Å². The zero-order valence-electron chi connectivity index (χ0n) is 8.31. The van der Waals surface area contributed by atoms with Crippen molar-refractivity contribution in [3.63, 3.8) is 0 Å². The zero-order chi connectivity index (χ0) is 10.3. The van der Waals surface area contributed by atoms with E-state index < -0.39 is 5.97 Å². The average molecular weight is 184 g/mol. The Kier molecular flexibility index (Phi) is 5.59. The van der Waals surface area contributed by atoms with Gasteiger partial charge in [-0.1, -0.05) is 0 Å². The van der Waals surface area contributed by atoms with Crippen molar-refractivity contribution in [1.82, 2.24) is 5.32 Å². The lowest BCUT2D eigenvalue weighted by Gasteiger charge is -2.03. The molecule has 0 bridgehead atoms. The maximum Gasteiger partial charge on any atom is 0.356 e. The Morgan fingerprint density at radius 1 is 1.54 bits per heavy atom. The standard InChI is InChI=1S/C9H16N2O2/c1-4-11-7(3)6-8(10)9(12)13-5-2/h6,10-11H,4-5H2,1-3H3/b7-6-,10-8?. The Labute approximate surface area is 78.5 Å². The van der Waals surface area contributed by atoms with Gasteiger partial charge in [-0.05, 0) is 26.8 Å². The Morgan fingerprint density at radius 3 is 2.62 bits per heavy atom. The summed E-state index contributed by atoms with van der Waals surface area (Å²) in [4.78, 5) is 11.0. The molecule has 4 nitrogen and oxygen atoms in total. The van der Waals surface area contributed by atoms with Crippen LogP contribution in [0.15, 0.2) is 11.8 Å². The van der Waals surface area contributed by atoms with E-state index in [1.165, 1.54) is 6.08 Å². The molecule has 0 aliphatic rings. The minimum absolute atomic E-state index is 0.125. The highest BCUT2D eigenvalue weighted by molar-refractivity contribution is 6.39. The second kappa shape index (κ2) is 6.22. The van der Waals surface area contributed by atoms with E-state index in [4.69, 9.17) is 5.41 Å². The fourth-order valence-corrected chi connectivity index (χ4v) is 0.814. The zero-order valence-corrected chi connectivity index (χ0v) is 8.31. The molecule has 0 saturated heterocycles. The summed E-state index contributed by atoms with van der Waals surface area (Å²) in [6, 6.07) is 0. The Hall–Kier alpha value is -1.32. The van der Waals surface area contributed by atoms with Crippen LogP contribution in [0.25, 0.3) is 0 Å². The fourth-order valence-electron chi connectivity index (χ4n) is 0.814. The van der Waals surface area contributed by atoms with E-state index in [1.54, 1.807) is 13.8 Å². The third kappa shape index (κ3) is 5.00. The molecule has 0 rings (SSSR count). The van der Waals surface area contributed by atoms with Crippen LogP contribution in [0.2, 0.25) is 0 Å². The topological polar surface area (TPSA) is 62.2 Å². The van der Waals surface area contributed by atoms with E-state index in [1.807, 2.05) is 6.92 Å². The van der Waals surface area contributed by atoms with E-state index in [-0.39, 0.29) is 5.71 Å². The van der Waals surface area contributed by atoms with Crippen LogP contribution in [0.1, 0.15) is 20.8 Å². The number of hydrogen-bond donors (Lipinski definition) is 2. The van der Waals surface area contributed by atoms with Gasteiger partial charge in [-0.3, -0.25) is 5.41 Å². The van der Waals surface area contributed by atoms with Crippen molar-refractivity contribution in [3.8, 4) is 0 Å². The minimum atomic E-state index is -0.584. The second-order valence-electron chi connectivity index (χ2n) is 2.49. The summed E-state index contributed by atoms with van der Waals surface area (Å²) in [6.07, 6.45) is 1.46. The van der Waals surface area contributed by atoms with Crippen molar-refractivity contribution in [2.24, 2.45) is 0 Å². The first-order valence-electron chi connectivity index (χ1n) is 4.29. The van der Waals surface area contributed by atoms with Gasteiger partial charge in [-0.2, -0.15) is 0 Å². The van der Waals surface area contributed by atoms with Crippen molar-refractivity contribution in [2.75, 3.05) is 13.2 Å². The smallest absolute Gasteiger partial charge is 0.356 e. The first-order valence-corrected chi connectivity index (χ1v) is 4.29. The Morgan fingerprint density at radius 2 is 2.15 bits per heavy atom. The Balaban J connectivity index is 4.12. The first-order chi connectivity index (χ1) is 6.11. The van der Waals surface area contributed by atoms with Gasteiger partial charge >= 0.3 is 5.97 Å². The lowest BCUT2D eigenvalue weighted by molar-refractivity contribution is -0.135. The van der Waals surface area contributed by atoms with Crippen LogP contribution >= 0.6 is 0 Å². The van der Waals surface area contributed by atoms with Gasteiger partial charge in [0, 0.05) is 12.2 Å². The van der Waals surface area contributed by atoms with Crippen LogP contribution in [-0.2, 0) is 9.53 Å². The molecule has 0 radical (unpaired) electrons. The number of ether oxygens (including phenoxy) is 1. The summed E-state index contributed by atoms with van der Waals surface area (Å²) in [5.74, 6) is -0.584. The molecule has 74 valence electrons. The van der Waals surface area contributed by atoms with E-state index in [2.05, 4.69) is 10.1 Å². The predicted octanol–water partition coefficient (Wildman–Crippen LogP) is 1.08. The molecule has 0 unspecified atom stereocenters. The lowest BCUT2D eigenvalue weighted by Crippen LogP contribution is -2.17.